The molecule has 34 heavy (non-hydrogen) atoms. The molecule has 1 heterocycles. The van der Waals surface area contributed by atoms with Crippen LogP contribution in [0.4, 0.5) is 28.0 Å². The van der Waals surface area contributed by atoms with Gasteiger partial charge in [-0.25, -0.2) is 9.18 Å². The summed E-state index contributed by atoms with van der Waals surface area (Å²) in [6.07, 6.45) is -2.89. The minimum absolute atomic E-state index is 0.0488. The molecule has 0 radical (unpaired) electrons. The minimum atomic E-state index is -4.48. The highest BCUT2D eigenvalue weighted by atomic mass is 19.4. The summed E-state index contributed by atoms with van der Waals surface area (Å²) in [6, 6.07) is 8.33. The number of benzene rings is 2. The van der Waals surface area contributed by atoms with Crippen LogP contribution in [0.5, 0.6) is 0 Å². The maximum atomic E-state index is 13.2. The van der Waals surface area contributed by atoms with Gasteiger partial charge in [0.05, 0.1) is 30.7 Å². The zero-order chi connectivity index (χ0) is 24.7. The van der Waals surface area contributed by atoms with Crippen LogP contribution in [0.3, 0.4) is 0 Å². The largest absolute Gasteiger partial charge is 0.416 e. The number of nitrogens with one attached hydrogen (secondary N) is 3. The first-order valence-electron chi connectivity index (χ1n) is 10.3. The van der Waals surface area contributed by atoms with Crippen molar-refractivity contribution in [1.29, 1.82) is 0 Å². The van der Waals surface area contributed by atoms with E-state index in [4.69, 9.17) is 4.74 Å². The van der Waals surface area contributed by atoms with Gasteiger partial charge in [0.15, 0.2) is 0 Å². The Hall–Kier alpha value is -3.44. The third-order valence-corrected chi connectivity index (χ3v) is 5.00. The molecule has 1 aliphatic heterocycles. The summed E-state index contributed by atoms with van der Waals surface area (Å²) >= 11 is 0. The molecule has 7 nitrogen and oxygen atoms in total. The maximum Gasteiger partial charge on any atom is 0.416 e. The first-order chi connectivity index (χ1) is 16.1. The Bertz CT molecular complexity index is 1030. The van der Waals surface area contributed by atoms with Crippen LogP contribution in [-0.4, -0.2) is 41.9 Å². The van der Waals surface area contributed by atoms with E-state index in [0.29, 0.717) is 5.56 Å². The van der Waals surface area contributed by atoms with Crippen LogP contribution in [0.15, 0.2) is 60.7 Å². The van der Waals surface area contributed by atoms with Gasteiger partial charge in [-0.1, -0.05) is 24.3 Å². The molecule has 0 bridgehead atoms. The second-order valence-corrected chi connectivity index (χ2v) is 7.59. The molecule has 2 aromatic carbocycles. The zero-order valence-corrected chi connectivity index (χ0v) is 17.8. The predicted octanol–water partition coefficient (Wildman–Crippen LogP) is 3.36. The van der Waals surface area contributed by atoms with E-state index < -0.39 is 48.4 Å². The number of aliphatic hydroxyl groups excluding tert-OH is 1. The van der Waals surface area contributed by atoms with Gasteiger partial charge in [-0.2, -0.15) is 13.2 Å². The Balaban J connectivity index is 1.49. The van der Waals surface area contributed by atoms with E-state index in [1.807, 2.05) is 0 Å². The minimum Gasteiger partial charge on any atom is -0.394 e. The maximum absolute atomic E-state index is 13.2. The van der Waals surface area contributed by atoms with Crippen molar-refractivity contribution in [3.05, 3.63) is 77.6 Å². The molecule has 4 N–H and O–H groups in total. The molecular formula is C23H23F4N3O4. The highest BCUT2D eigenvalue weighted by molar-refractivity contribution is 5.89. The van der Waals surface area contributed by atoms with Crippen LogP contribution in [-0.2, 0) is 22.3 Å². The molecule has 3 atom stereocenters. The third-order valence-electron chi connectivity index (χ3n) is 5.00. The second kappa shape index (κ2) is 11.1. The van der Waals surface area contributed by atoms with Crippen molar-refractivity contribution in [2.45, 2.75) is 37.4 Å². The van der Waals surface area contributed by atoms with Gasteiger partial charge >= 0.3 is 12.2 Å². The first kappa shape index (κ1) is 25.2. The quantitative estimate of drug-likeness (QED) is 0.360. The number of anilines is 1. The lowest BCUT2D eigenvalue weighted by molar-refractivity contribution is -0.137. The number of hydrogen-bond donors (Lipinski definition) is 4. The molecule has 0 saturated heterocycles. The van der Waals surface area contributed by atoms with Crippen molar-refractivity contribution in [1.82, 2.24) is 10.6 Å². The Morgan fingerprint density at radius 3 is 2.44 bits per heavy atom. The number of carbonyl (C=O) groups excluding carboxylic acids is 2. The lowest BCUT2D eigenvalue weighted by Crippen LogP contribution is -2.50. The third kappa shape index (κ3) is 7.29. The van der Waals surface area contributed by atoms with Crippen LogP contribution in [0, 0.1) is 5.82 Å². The topological polar surface area (TPSA) is 99.7 Å². The molecule has 3 amide bonds. The SMILES string of the molecule is O=C(C[C@@H]1C=C[C@H](NC(=O)Nc2ccc(C(F)(F)F)cc2)[C@H](CO)O1)NCc1cccc(F)c1. The number of amides is 3. The Kier molecular flexibility index (Phi) is 8.24. The molecule has 1 aliphatic rings. The fourth-order valence-electron chi connectivity index (χ4n) is 3.30. The van der Waals surface area contributed by atoms with Crippen molar-refractivity contribution in [3.8, 4) is 0 Å². The molecule has 0 unspecified atom stereocenters. The number of aliphatic hydroxyl groups is 1. The summed E-state index contributed by atoms with van der Waals surface area (Å²) in [5.41, 5.74) is -0.0851. The van der Waals surface area contributed by atoms with Crippen molar-refractivity contribution in [2.24, 2.45) is 0 Å². The summed E-state index contributed by atoms with van der Waals surface area (Å²) in [6.45, 7) is -0.304. The number of hydrogen-bond acceptors (Lipinski definition) is 4. The summed E-state index contributed by atoms with van der Waals surface area (Å²) in [5, 5.41) is 17.3. The predicted molar refractivity (Wildman–Crippen MR) is 115 cm³/mol. The van der Waals surface area contributed by atoms with Gasteiger partial charge in [-0.05, 0) is 42.0 Å². The molecule has 0 aromatic heterocycles. The standard InChI is InChI=1S/C23H23F4N3O4/c24-16-3-1-2-14(10-16)12-28-21(32)11-18-8-9-19(20(13-31)34-18)30-22(33)29-17-6-4-15(5-7-17)23(25,26)27/h1-10,18-20,31H,11-13H2,(H,28,32)(H2,29,30,33)/t18-,19-,20-/m0/s1. The van der Waals surface area contributed by atoms with Gasteiger partial charge in [0.1, 0.15) is 11.9 Å². The number of alkyl halides is 3. The highest BCUT2D eigenvalue weighted by Gasteiger charge is 2.31. The van der Waals surface area contributed by atoms with Crippen molar-refractivity contribution in [2.75, 3.05) is 11.9 Å². The zero-order valence-electron chi connectivity index (χ0n) is 17.8. The van der Waals surface area contributed by atoms with Gasteiger partial charge in [-0.3, -0.25) is 4.79 Å². The Morgan fingerprint density at radius 2 is 1.79 bits per heavy atom. The van der Waals surface area contributed by atoms with Crippen molar-refractivity contribution < 1.29 is 37.0 Å². The van der Waals surface area contributed by atoms with Crippen LogP contribution in [0.1, 0.15) is 17.5 Å². The molecule has 0 saturated carbocycles. The van der Waals surface area contributed by atoms with Gasteiger partial charge in [-0.15, -0.1) is 0 Å². The molecule has 182 valence electrons. The number of ether oxygens (including phenoxy) is 1. The second-order valence-electron chi connectivity index (χ2n) is 7.59. The number of rotatable bonds is 7. The van der Waals surface area contributed by atoms with Crippen LogP contribution >= 0.6 is 0 Å². The van der Waals surface area contributed by atoms with E-state index in [2.05, 4.69) is 16.0 Å². The average molecular weight is 481 g/mol. The van der Waals surface area contributed by atoms with Crippen molar-refractivity contribution in [3.63, 3.8) is 0 Å². The van der Waals surface area contributed by atoms with Gasteiger partial charge in [0.2, 0.25) is 5.91 Å². The summed E-state index contributed by atoms with van der Waals surface area (Å²) in [7, 11) is 0. The van der Waals surface area contributed by atoms with Crippen molar-refractivity contribution >= 4 is 17.6 Å². The Morgan fingerprint density at radius 1 is 1.06 bits per heavy atom. The number of urea groups is 1. The fourth-order valence-corrected chi connectivity index (χ4v) is 3.30. The van der Waals surface area contributed by atoms with E-state index in [1.54, 1.807) is 18.2 Å². The average Bonchev–Trinajstić information content (AvgIpc) is 2.78. The number of carbonyl (C=O) groups is 2. The van der Waals surface area contributed by atoms with Gasteiger partial charge in [0.25, 0.3) is 0 Å². The molecule has 11 heteroatoms. The summed E-state index contributed by atoms with van der Waals surface area (Å²) in [4.78, 5) is 24.4. The van der Waals surface area contributed by atoms with E-state index in [1.165, 1.54) is 18.2 Å². The normalized spacial score (nSPS) is 20.0. The molecular weight excluding hydrogens is 458 g/mol. The lowest BCUT2D eigenvalue weighted by Gasteiger charge is -2.31. The highest BCUT2D eigenvalue weighted by Crippen LogP contribution is 2.29. The lowest BCUT2D eigenvalue weighted by atomic mass is 10.0. The van der Waals surface area contributed by atoms with E-state index in [-0.39, 0.29) is 24.6 Å². The van der Waals surface area contributed by atoms with Crippen LogP contribution in [0.25, 0.3) is 0 Å². The first-order valence-corrected chi connectivity index (χ1v) is 10.3. The van der Waals surface area contributed by atoms with E-state index in [0.717, 1.165) is 24.3 Å². The monoisotopic (exact) mass is 481 g/mol. The molecule has 3 rings (SSSR count). The fraction of sp³-hybridized carbons (Fsp3) is 0.304. The van der Waals surface area contributed by atoms with Crippen LogP contribution in [0.2, 0.25) is 0 Å². The van der Waals surface area contributed by atoms with Gasteiger partial charge < -0.3 is 25.8 Å². The molecule has 0 aliphatic carbocycles. The summed E-state index contributed by atoms with van der Waals surface area (Å²) < 4.78 is 56.8. The molecule has 2 aromatic rings. The van der Waals surface area contributed by atoms with Crippen LogP contribution < -0.4 is 16.0 Å². The molecule has 0 spiro atoms. The van der Waals surface area contributed by atoms with Gasteiger partial charge in [0, 0.05) is 12.2 Å². The Labute approximate surface area is 192 Å². The van der Waals surface area contributed by atoms with E-state index >= 15 is 0 Å². The number of halogens is 4. The smallest absolute Gasteiger partial charge is 0.394 e. The van der Waals surface area contributed by atoms with E-state index in [9.17, 15) is 32.3 Å². The molecule has 0 fully saturated rings. The summed E-state index contributed by atoms with van der Waals surface area (Å²) in [5.74, 6) is -0.751.